The van der Waals surface area contributed by atoms with E-state index in [4.69, 9.17) is 4.74 Å². The molecule has 0 aliphatic heterocycles. The fourth-order valence-corrected chi connectivity index (χ4v) is 3.07. The van der Waals surface area contributed by atoms with E-state index >= 15 is 0 Å². The molecule has 0 spiro atoms. The van der Waals surface area contributed by atoms with Gasteiger partial charge >= 0.3 is 0 Å². The van der Waals surface area contributed by atoms with Crippen LogP contribution in [0.2, 0.25) is 0 Å². The molecule has 0 aromatic heterocycles. The third-order valence-corrected chi connectivity index (χ3v) is 5.46. The van der Waals surface area contributed by atoms with Crippen LogP contribution in [0.15, 0.2) is 48.5 Å². The number of carbonyl (C=O) groups excluding carboxylic acids is 2. The topological polar surface area (TPSA) is 58.6 Å². The third-order valence-electron chi connectivity index (χ3n) is 5.46. The van der Waals surface area contributed by atoms with Crippen LogP contribution < -0.4 is 10.1 Å². The van der Waals surface area contributed by atoms with E-state index in [2.05, 4.69) is 12.2 Å². The number of nitrogens with zero attached hydrogens (tertiary/aromatic N) is 1. The van der Waals surface area contributed by atoms with Gasteiger partial charge in [0, 0.05) is 12.6 Å². The second-order valence-corrected chi connectivity index (χ2v) is 7.73. The first-order valence-corrected chi connectivity index (χ1v) is 10.7. The predicted molar refractivity (Wildman–Crippen MR) is 120 cm³/mol. The summed E-state index contributed by atoms with van der Waals surface area (Å²) in [5.74, 6) is 0.274. The zero-order chi connectivity index (χ0) is 22.1. The fraction of sp³-hybridized carbons (Fsp3) is 0.440. The number of hydrogen-bond donors (Lipinski definition) is 1. The number of ether oxygens (including phenoxy) is 1. The maximum absolute atomic E-state index is 13.1. The summed E-state index contributed by atoms with van der Waals surface area (Å²) in [6, 6.07) is 15.1. The Balaban J connectivity index is 2.14. The highest BCUT2D eigenvalue weighted by molar-refractivity contribution is 5.88. The van der Waals surface area contributed by atoms with Gasteiger partial charge < -0.3 is 15.0 Å². The molecule has 2 aromatic carbocycles. The minimum absolute atomic E-state index is 0.0590. The summed E-state index contributed by atoms with van der Waals surface area (Å²) in [5, 5.41) is 2.98. The number of benzene rings is 2. The smallest absolute Gasteiger partial charge is 0.261 e. The second-order valence-electron chi connectivity index (χ2n) is 7.73. The molecule has 30 heavy (non-hydrogen) atoms. The van der Waals surface area contributed by atoms with Crippen molar-refractivity contribution in [3.63, 3.8) is 0 Å². The molecule has 0 aliphatic rings. The average molecular weight is 411 g/mol. The lowest BCUT2D eigenvalue weighted by Crippen LogP contribution is -2.50. The van der Waals surface area contributed by atoms with E-state index in [9.17, 15) is 9.59 Å². The Labute approximate surface area is 180 Å². The van der Waals surface area contributed by atoms with E-state index in [1.54, 1.807) is 11.8 Å². The summed E-state index contributed by atoms with van der Waals surface area (Å²) in [7, 11) is 0. The Morgan fingerprint density at radius 3 is 2.30 bits per heavy atom. The van der Waals surface area contributed by atoms with Gasteiger partial charge in [-0.1, -0.05) is 50.2 Å². The molecule has 2 aromatic rings. The first kappa shape index (κ1) is 23.5. The molecule has 0 fully saturated rings. The van der Waals surface area contributed by atoms with Crippen LogP contribution in [0.3, 0.4) is 0 Å². The standard InChI is InChI=1S/C25H34N2O3/c1-6-19(4)26-25(29)20(5)27(16-22-11-9-8-10-18(22)3)24(28)17-30-23-14-12-21(7-2)13-15-23/h8-15,19-20H,6-7,16-17H2,1-5H3,(H,26,29)/t19-,20+/m1/s1. The molecule has 1 N–H and O–H groups in total. The number of carbonyl (C=O) groups is 2. The van der Waals surface area contributed by atoms with Crippen molar-refractivity contribution in [2.75, 3.05) is 6.61 Å². The molecule has 2 amide bonds. The number of aryl methyl sites for hydroxylation is 2. The summed E-state index contributed by atoms with van der Waals surface area (Å²) in [6.07, 6.45) is 1.79. The molecule has 0 bridgehead atoms. The molecular formula is C25H34N2O3. The van der Waals surface area contributed by atoms with Crippen molar-refractivity contribution in [3.05, 3.63) is 65.2 Å². The van der Waals surface area contributed by atoms with Crippen LogP contribution in [-0.4, -0.2) is 35.4 Å². The van der Waals surface area contributed by atoms with Gasteiger partial charge in [-0.25, -0.2) is 0 Å². The van der Waals surface area contributed by atoms with Crippen molar-refractivity contribution in [2.24, 2.45) is 0 Å². The number of rotatable bonds is 10. The lowest BCUT2D eigenvalue weighted by Gasteiger charge is -2.30. The Morgan fingerprint density at radius 1 is 1.03 bits per heavy atom. The summed E-state index contributed by atoms with van der Waals surface area (Å²) >= 11 is 0. The van der Waals surface area contributed by atoms with E-state index in [1.165, 1.54) is 5.56 Å². The van der Waals surface area contributed by atoms with Crippen molar-refractivity contribution in [1.29, 1.82) is 0 Å². The van der Waals surface area contributed by atoms with Crippen LogP contribution in [0.25, 0.3) is 0 Å². The highest BCUT2D eigenvalue weighted by Gasteiger charge is 2.27. The first-order chi connectivity index (χ1) is 14.3. The maximum Gasteiger partial charge on any atom is 0.261 e. The summed E-state index contributed by atoms with van der Waals surface area (Å²) in [6.45, 7) is 10.1. The monoisotopic (exact) mass is 410 g/mol. The summed E-state index contributed by atoms with van der Waals surface area (Å²) < 4.78 is 5.73. The molecule has 2 rings (SSSR count). The van der Waals surface area contributed by atoms with Crippen LogP contribution in [0.5, 0.6) is 5.75 Å². The van der Waals surface area contributed by atoms with Crippen molar-refractivity contribution < 1.29 is 14.3 Å². The minimum atomic E-state index is -0.600. The lowest BCUT2D eigenvalue weighted by molar-refractivity contribution is -0.142. The van der Waals surface area contributed by atoms with Gasteiger partial charge in [-0.3, -0.25) is 9.59 Å². The molecule has 0 aliphatic carbocycles. The van der Waals surface area contributed by atoms with Crippen molar-refractivity contribution in [1.82, 2.24) is 10.2 Å². The molecule has 162 valence electrons. The zero-order valence-corrected chi connectivity index (χ0v) is 18.8. The van der Waals surface area contributed by atoms with E-state index in [-0.39, 0.29) is 24.5 Å². The summed E-state index contributed by atoms with van der Waals surface area (Å²) in [4.78, 5) is 27.4. The van der Waals surface area contributed by atoms with Crippen LogP contribution in [0, 0.1) is 6.92 Å². The average Bonchev–Trinajstić information content (AvgIpc) is 2.76. The molecule has 0 unspecified atom stereocenters. The van der Waals surface area contributed by atoms with Crippen molar-refractivity contribution in [3.8, 4) is 5.75 Å². The molecule has 5 nitrogen and oxygen atoms in total. The predicted octanol–water partition coefficient (Wildman–Crippen LogP) is 4.27. The van der Waals surface area contributed by atoms with E-state index in [1.807, 2.05) is 69.3 Å². The third kappa shape index (κ3) is 6.61. The van der Waals surface area contributed by atoms with Crippen LogP contribution in [0.1, 0.15) is 50.8 Å². The van der Waals surface area contributed by atoms with Gasteiger partial charge in [0.15, 0.2) is 6.61 Å². The van der Waals surface area contributed by atoms with Crippen LogP contribution in [-0.2, 0) is 22.6 Å². The van der Waals surface area contributed by atoms with E-state index in [0.717, 1.165) is 24.0 Å². The number of hydrogen-bond acceptors (Lipinski definition) is 3. The number of amides is 2. The van der Waals surface area contributed by atoms with Gasteiger partial charge in [0.05, 0.1) is 0 Å². The molecular weight excluding hydrogens is 376 g/mol. The van der Waals surface area contributed by atoms with Gasteiger partial charge in [-0.2, -0.15) is 0 Å². The highest BCUT2D eigenvalue weighted by Crippen LogP contribution is 2.16. The number of nitrogens with one attached hydrogen (secondary N) is 1. The van der Waals surface area contributed by atoms with E-state index < -0.39 is 6.04 Å². The largest absolute Gasteiger partial charge is 0.484 e. The molecule has 0 saturated carbocycles. The van der Waals surface area contributed by atoms with Gasteiger partial charge in [0.1, 0.15) is 11.8 Å². The molecule has 0 radical (unpaired) electrons. The van der Waals surface area contributed by atoms with Crippen LogP contribution in [0.4, 0.5) is 0 Å². The summed E-state index contributed by atoms with van der Waals surface area (Å²) in [5.41, 5.74) is 3.31. The van der Waals surface area contributed by atoms with Gasteiger partial charge in [0.2, 0.25) is 5.91 Å². The van der Waals surface area contributed by atoms with Crippen molar-refractivity contribution in [2.45, 2.75) is 66.1 Å². The van der Waals surface area contributed by atoms with Crippen molar-refractivity contribution >= 4 is 11.8 Å². The minimum Gasteiger partial charge on any atom is -0.484 e. The highest BCUT2D eigenvalue weighted by atomic mass is 16.5. The molecule has 5 heteroatoms. The molecule has 0 heterocycles. The van der Waals surface area contributed by atoms with Gasteiger partial charge in [0.25, 0.3) is 5.91 Å². The Bertz CT molecular complexity index is 833. The normalized spacial score (nSPS) is 12.7. The quantitative estimate of drug-likeness (QED) is 0.636. The Kier molecular flexibility index (Phi) is 8.90. The Morgan fingerprint density at radius 2 is 1.70 bits per heavy atom. The lowest BCUT2D eigenvalue weighted by atomic mass is 10.1. The first-order valence-electron chi connectivity index (χ1n) is 10.7. The Hall–Kier alpha value is -2.82. The van der Waals surface area contributed by atoms with Crippen LogP contribution >= 0.6 is 0 Å². The second kappa shape index (κ2) is 11.4. The SMILES string of the molecule is CCc1ccc(OCC(=O)N(Cc2ccccc2C)[C@@H](C)C(=O)N[C@H](C)CC)cc1. The molecule has 0 saturated heterocycles. The van der Waals surface area contributed by atoms with Gasteiger partial charge in [-0.15, -0.1) is 0 Å². The fourth-order valence-electron chi connectivity index (χ4n) is 3.07. The zero-order valence-electron chi connectivity index (χ0n) is 18.8. The van der Waals surface area contributed by atoms with Gasteiger partial charge in [-0.05, 0) is 62.4 Å². The van der Waals surface area contributed by atoms with E-state index in [0.29, 0.717) is 12.3 Å². The molecule has 2 atom stereocenters. The maximum atomic E-state index is 13.1.